The summed E-state index contributed by atoms with van der Waals surface area (Å²) in [5, 5.41) is 42.1. The number of rotatable bonds is 24. The predicted octanol–water partition coefficient (Wildman–Crippen LogP) is 6.12. The van der Waals surface area contributed by atoms with Crippen molar-refractivity contribution in [3.05, 3.63) is 143 Å². The number of nitrogens with two attached hydrogens (primary N) is 2. The minimum atomic E-state index is -4.26. The molecule has 11 atom stereocenters. The molecule has 12 N–H and O–H groups in total. The Morgan fingerprint density at radius 1 is 0.786 bits per heavy atom. The Kier molecular flexibility index (Phi) is 22.7. The van der Waals surface area contributed by atoms with E-state index in [0.717, 1.165) is 59.4 Å². The van der Waals surface area contributed by atoms with Crippen LogP contribution in [-0.4, -0.2) is 168 Å². The van der Waals surface area contributed by atoms with E-state index >= 15 is 4.57 Å². The topological polar surface area (TPSA) is 443 Å². The maximum absolute atomic E-state index is 15.5. The third kappa shape index (κ3) is 17.1. The van der Waals surface area contributed by atoms with Crippen LogP contribution in [0, 0.1) is 0 Å². The first kappa shape index (κ1) is 73.5. The molecule has 4 aliphatic rings. The molecule has 39 heteroatoms. The summed E-state index contributed by atoms with van der Waals surface area (Å²) < 4.78 is 62.2. The summed E-state index contributed by atoms with van der Waals surface area (Å²) in [6.07, 6.45) is 0.895. The standard InChI is InChI=1S/C64H74N17O16P3S3/c1-98(88,101)92-28-11-3-2-10-26-67-47(82)16-8-9-17-48(83)78-30-39-12-4-5-13-42(39)54-49(43-14-6-7-15-44(43)78)74-77-81(54)27-29-91-40-24-20-38(21-25-40)63(87)95-41-22-18-37(19-23-41)33-103-100(90)76-51-45(96-61(56(51)85)79-35-70-52-57(65)68-34-69-58(52)79)31-93-99(89,102)75-50-46(32-94-100)97-62(55(50)84)80-36-71-53-59(80)72-64(66)73-60(53)86/h4-7,12-15,18-25,34-36,45-46,50-51,55-56,61-62,84-85H,2-3,8-11,16-17,26-33H2,1H3,(H,67,82)(H,76,90)(H,88,101)(H2,65,68,69)(H2,75,89,102)(H3,66,72,73,86)/t45-,46-,50-,51-,55-,56-,61-,62-,98?,99?,100-/m1/s1. The molecule has 103 heavy (non-hydrogen) atoms. The largest absolute Gasteiger partial charge is 0.492 e. The number of unbranched alkanes of at least 4 members (excludes halogenated alkanes) is 4. The number of esters is 1. The van der Waals surface area contributed by atoms with Crippen LogP contribution >= 0.6 is 31.2 Å². The van der Waals surface area contributed by atoms with Gasteiger partial charge in [-0.1, -0.05) is 72.7 Å². The third-order valence-electron chi connectivity index (χ3n) is 17.6. The van der Waals surface area contributed by atoms with Gasteiger partial charge >= 0.3 is 12.7 Å². The number of nitrogen functional groups attached to an aromatic ring is 2. The molecule has 0 bridgehead atoms. The highest BCUT2D eigenvalue weighted by Crippen LogP contribution is 2.60. The number of fused-ring (bicyclic) bond motifs is 9. The molecule has 0 aliphatic carbocycles. The number of aliphatic hydroxyl groups excluding tert-OH is 2. The lowest BCUT2D eigenvalue weighted by atomic mass is 9.95. The van der Waals surface area contributed by atoms with Gasteiger partial charge in [0.15, 0.2) is 41.6 Å². The Hall–Kier alpha value is -7.83. The molecular weight excluding hydrogens is 1450 g/mol. The van der Waals surface area contributed by atoms with Crippen LogP contribution in [0.5, 0.6) is 11.5 Å². The zero-order chi connectivity index (χ0) is 72.2. The number of anilines is 3. The number of aliphatic hydroxyl groups is 2. The molecule has 2 unspecified atom stereocenters. The molecule has 3 fully saturated rings. The minimum Gasteiger partial charge on any atom is -0.492 e. The SMILES string of the molecule is CP(O)(=S)OCCCCCCNC(=O)CCCCC(=O)N1Cc2ccccc2-c2c(nnn2CCOc2ccc(C(=O)Oc3ccc(CS[P@@]4(=O)N[C@H]5[C@@H](O)[C@H](n6cnc7c(N)ncnc76)O[C@@H]5COP(O)(=S)N[C@H]5[C@@H](O)[C@H](n6cnc7c(=O)[nH]c(N)nc76)O[C@@H]5CO4)cc3)cc2)-c2ccccc21. The summed E-state index contributed by atoms with van der Waals surface area (Å²) >= 11 is 11.3. The lowest BCUT2D eigenvalue weighted by molar-refractivity contribution is -0.122. The average Bonchev–Trinajstić information content (AvgIpc) is 1.68. The van der Waals surface area contributed by atoms with Crippen molar-refractivity contribution in [2.45, 2.75) is 119 Å². The molecule has 544 valence electrons. The molecule has 5 aromatic heterocycles. The second-order valence-electron chi connectivity index (χ2n) is 24.8. The average molecular weight is 1530 g/mol. The van der Waals surface area contributed by atoms with Crippen molar-refractivity contribution in [3.8, 4) is 34.0 Å². The van der Waals surface area contributed by atoms with Crippen molar-refractivity contribution in [1.82, 2.24) is 69.5 Å². The number of amides is 2. The fraction of sp³-hybridized carbons (Fsp3) is 0.391. The summed E-state index contributed by atoms with van der Waals surface area (Å²) in [5.41, 5.74) is 17.1. The van der Waals surface area contributed by atoms with E-state index in [9.17, 15) is 39.2 Å². The molecule has 4 aromatic carbocycles. The van der Waals surface area contributed by atoms with E-state index in [-0.39, 0.29) is 76.0 Å². The number of hydrogen-bond donors (Lipinski definition) is 10. The molecule has 0 saturated carbocycles. The molecule has 2 amide bonds. The van der Waals surface area contributed by atoms with E-state index in [1.807, 2.05) is 48.5 Å². The van der Waals surface area contributed by atoms with Crippen LogP contribution in [0.2, 0.25) is 0 Å². The number of H-pyrrole nitrogens is 1. The fourth-order valence-electron chi connectivity index (χ4n) is 12.5. The van der Waals surface area contributed by atoms with Gasteiger partial charge in [-0.2, -0.15) is 4.98 Å². The molecule has 0 radical (unpaired) electrons. The van der Waals surface area contributed by atoms with Gasteiger partial charge in [0, 0.05) is 42.9 Å². The van der Waals surface area contributed by atoms with Crippen LogP contribution < -0.4 is 46.9 Å². The first-order valence-corrected chi connectivity index (χ1v) is 42.0. The highest BCUT2D eigenvalue weighted by atomic mass is 32.7. The summed E-state index contributed by atoms with van der Waals surface area (Å²) in [7, 11) is 0. The van der Waals surface area contributed by atoms with Gasteiger partial charge in [0.05, 0.1) is 74.6 Å². The van der Waals surface area contributed by atoms with E-state index in [0.29, 0.717) is 68.2 Å². The van der Waals surface area contributed by atoms with Crippen LogP contribution in [0.1, 0.15) is 85.3 Å². The number of carbonyl (C=O) groups is 3. The van der Waals surface area contributed by atoms with Crippen LogP contribution in [0.25, 0.3) is 44.8 Å². The summed E-state index contributed by atoms with van der Waals surface area (Å²) in [4.78, 5) is 99.5. The van der Waals surface area contributed by atoms with Crippen LogP contribution in [0.4, 0.5) is 17.5 Å². The number of ether oxygens (including phenoxy) is 4. The number of nitrogens with one attached hydrogen (secondary N) is 4. The number of aromatic nitrogens is 11. The fourth-order valence-corrected chi connectivity index (χ4v) is 18.6. The van der Waals surface area contributed by atoms with Gasteiger partial charge in [-0.15, -0.1) is 5.10 Å². The Bertz CT molecular complexity index is 4800. The zero-order valence-corrected chi connectivity index (χ0v) is 60.4. The number of para-hydroxylation sites is 1. The van der Waals surface area contributed by atoms with Crippen LogP contribution in [0.3, 0.4) is 0 Å². The van der Waals surface area contributed by atoms with Crippen molar-refractivity contribution in [2.24, 2.45) is 0 Å². The van der Waals surface area contributed by atoms with Crippen molar-refractivity contribution in [3.63, 3.8) is 0 Å². The quantitative estimate of drug-likeness (QED) is 0.0141. The van der Waals surface area contributed by atoms with Crippen molar-refractivity contribution < 1.29 is 71.5 Å². The van der Waals surface area contributed by atoms with Gasteiger partial charge in [-0.3, -0.25) is 33.1 Å². The van der Waals surface area contributed by atoms with E-state index in [2.05, 4.69) is 55.7 Å². The lowest BCUT2D eigenvalue weighted by Crippen LogP contribution is -2.47. The highest BCUT2D eigenvalue weighted by Gasteiger charge is 2.52. The smallest absolute Gasteiger partial charge is 0.343 e. The van der Waals surface area contributed by atoms with Crippen molar-refractivity contribution >= 4 is 112 Å². The monoisotopic (exact) mass is 1530 g/mol. The highest BCUT2D eigenvalue weighted by molar-refractivity contribution is 8.55. The molecule has 3 saturated heterocycles. The summed E-state index contributed by atoms with van der Waals surface area (Å²) in [5.74, 6) is -0.217. The maximum atomic E-state index is 15.5. The Morgan fingerprint density at radius 3 is 2.21 bits per heavy atom. The van der Waals surface area contributed by atoms with Gasteiger partial charge in [0.1, 0.15) is 60.1 Å². The molecule has 9 heterocycles. The third-order valence-corrected chi connectivity index (χ3v) is 24.3. The number of nitrogens with zero attached hydrogens (tertiary/aromatic N) is 11. The predicted molar refractivity (Wildman–Crippen MR) is 387 cm³/mol. The molecule has 33 nitrogen and oxygen atoms in total. The van der Waals surface area contributed by atoms with Gasteiger partial charge < -0.3 is 74.2 Å². The molecule has 9 aromatic rings. The Balaban J connectivity index is 0.631. The van der Waals surface area contributed by atoms with Gasteiger partial charge in [0.25, 0.3) is 12.2 Å². The van der Waals surface area contributed by atoms with E-state index in [1.165, 1.54) is 34.8 Å². The Morgan fingerprint density at radius 2 is 1.46 bits per heavy atom. The first-order valence-electron chi connectivity index (χ1n) is 33.0. The first-order chi connectivity index (χ1) is 49.6. The second kappa shape index (κ2) is 31.9. The van der Waals surface area contributed by atoms with Crippen molar-refractivity contribution in [2.75, 3.05) is 56.0 Å². The Labute approximate surface area is 602 Å². The lowest BCUT2D eigenvalue weighted by Gasteiger charge is -2.32. The molecular formula is C64H74N17O16P3S3. The maximum Gasteiger partial charge on any atom is 0.343 e. The molecule has 0 spiro atoms. The van der Waals surface area contributed by atoms with Crippen LogP contribution in [0.15, 0.2) is 121 Å². The van der Waals surface area contributed by atoms with Gasteiger partial charge in [-0.25, -0.2) is 39.6 Å². The number of aromatic amines is 1. The number of imidazole rings is 2. The normalized spacial score (nSPS) is 23.9. The van der Waals surface area contributed by atoms with Gasteiger partial charge in [0.2, 0.25) is 17.8 Å². The number of hydrogen-bond acceptors (Lipinski definition) is 26. The zero-order valence-electron chi connectivity index (χ0n) is 55.2. The van der Waals surface area contributed by atoms with Crippen molar-refractivity contribution in [1.29, 1.82) is 0 Å². The van der Waals surface area contributed by atoms with E-state index in [4.69, 9.17) is 67.6 Å². The van der Waals surface area contributed by atoms with E-state index < -0.39 is 93.6 Å². The van der Waals surface area contributed by atoms with E-state index in [1.54, 1.807) is 58.1 Å². The number of carbonyl (C=O) groups excluding carboxylic acids is 3. The van der Waals surface area contributed by atoms with Gasteiger partial charge in [-0.05, 0) is 114 Å². The second-order valence-corrected chi connectivity index (χ2v) is 36.1. The van der Waals surface area contributed by atoms with Crippen LogP contribution in [-0.2, 0) is 79.7 Å². The number of benzene rings is 4. The molecule has 13 rings (SSSR count). The summed E-state index contributed by atoms with van der Waals surface area (Å²) in [6.45, 7) is -8.68. The summed E-state index contributed by atoms with van der Waals surface area (Å²) in [6, 6.07) is 25.9. The minimum absolute atomic E-state index is 0.0225. The molecule has 4 aliphatic heterocycles.